The summed E-state index contributed by atoms with van der Waals surface area (Å²) in [5, 5.41) is 14.1. The van der Waals surface area contributed by atoms with Gasteiger partial charge in [0, 0.05) is 29.9 Å². The molecule has 1 fully saturated rings. The predicted molar refractivity (Wildman–Crippen MR) is 85.6 cm³/mol. The zero-order valence-corrected chi connectivity index (χ0v) is 13.1. The minimum Gasteiger partial charge on any atom is -0.383 e. The average Bonchev–Trinajstić information content (AvgIpc) is 2.45. The Bertz CT molecular complexity index is 487. The van der Waals surface area contributed by atoms with Crippen molar-refractivity contribution >= 4 is 11.4 Å². The number of nitro groups is 1. The second-order valence-electron chi connectivity index (χ2n) is 6.48. The van der Waals surface area contributed by atoms with Gasteiger partial charge in [-0.2, -0.15) is 0 Å². The van der Waals surface area contributed by atoms with Crippen LogP contribution in [0.15, 0.2) is 24.3 Å². The lowest BCUT2D eigenvalue weighted by Crippen LogP contribution is -2.52. The number of rotatable bonds is 5. The third kappa shape index (κ3) is 3.73. The van der Waals surface area contributed by atoms with Gasteiger partial charge >= 0.3 is 0 Å². The normalized spacial score (nSPS) is 25.8. The summed E-state index contributed by atoms with van der Waals surface area (Å²) in [4.78, 5) is 12.6. The topological polar surface area (TPSA) is 58.4 Å². The Morgan fingerprint density at radius 3 is 2.57 bits per heavy atom. The molecular formula is C16H25N3O2. The molecule has 2 atom stereocenters. The van der Waals surface area contributed by atoms with Crippen LogP contribution in [0.4, 0.5) is 11.4 Å². The van der Waals surface area contributed by atoms with E-state index < -0.39 is 0 Å². The molecule has 2 unspecified atom stereocenters. The summed E-state index contributed by atoms with van der Waals surface area (Å²) in [6, 6.07) is 6.67. The highest BCUT2D eigenvalue weighted by molar-refractivity contribution is 5.48. The molecule has 5 nitrogen and oxygen atoms in total. The van der Waals surface area contributed by atoms with Crippen molar-refractivity contribution in [3.63, 3.8) is 0 Å². The highest BCUT2D eigenvalue weighted by Gasteiger charge is 2.36. The van der Waals surface area contributed by atoms with E-state index in [1.807, 2.05) is 0 Å². The zero-order chi connectivity index (χ0) is 15.5. The summed E-state index contributed by atoms with van der Waals surface area (Å²) >= 11 is 0. The number of non-ortho nitro benzene ring substituents is 1. The Morgan fingerprint density at radius 1 is 1.38 bits per heavy atom. The molecule has 0 radical (unpaired) electrons. The first-order chi connectivity index (χ1) is 9.93. The lowest BCUT2D eigenvalue weighted by Gasteiger charge is -2.45. The van der Waals surface area contributed by atoms with E-state index in [1.165, 1.54) is 25.7 Å². The van der Waals surface area contributed by atoms with Gasteiger partial charge < -0.3 is 10.2 Å². The van der Waals surface area contributed by atoms with Gasteiger partial charge in [-0.1, -0.05) is 19.8 Å². The number of hydrogen-bond acceptors (Lipinski definition) is 4. The molecule has 0 spiro atoms. The number of anilines is 1. The number of benzene rings is 1. The van der Waals surface area contributed by atoms with Crippen LogP contribution in [0.2, 0.25) is 0 Å². The number of nitrogens with zero attached hydrogens (tertiary/aromatic N) is 2. The highest BCUT2D eigenvalue weighted by atomic mass is 16.6. The highest BCUT2D eigenvalue weighted by Crippen LogP contribution is 2.35. The Kier molecular flexibility index (Phi) is 4.83. The van der Waals surface area contributed by atoms with E-state index in [-0.39, 0.29) is 16.1 Å². The molecule has 1 saturated carbocycles. The molecule has 1 aromatic rings. The first-order valence-electron chi connectivity index (χ1n) is 7.59. The van der Waals surface area contributed by atoms with E-state index in [4.69, 9.17) is 0 Å². The van der Waals surface area contributed by atoms with Crippen LogP contribution in [0.25, 0.3) is 0 Å². The van der Waals surface area contributed by atoms with Crippen LogP contribution < -0.4 is 5.32 Å². The smallest absolute Gasteiger partial charge is 0.269 e. The molecular weight excluding hydrogens is 266 g/mol. The minimum absolute atomic E-state index is 0.133. The van der Waals surface area contributed by atoms with Gasteiger partial charge in [0.1, 0.15) is 0 Å². The van der Waals surface area contributed by atoms with Gasteiger partial charge in [-0.05, 0) is 45.0 Å². The van der Waals surface area contributed by atoms with Gasteiger partial charge in [0.15, 0.2) is 0 Å². The molecule has 1 aliphatic rings. The van der Waals surface area contributed by atoms with E-state index >= 15 is 0 Å². The van der Waals surface area contributed by atoms with Crippen molar-refractivity contribution in [1.82, 2.24) is 4.90 Å². The Hall–Kier alpha value is -1.62. The molecule has 0 saturated heterocycles. The van der Waals surface area contributed by atoms with Gasteiger partial charge in [0.05, 0.1) is 4.92 Å². The second kappa shape index (κ2) is 6.43. The van der Waals surface area contributed by atoms with Crippen LogP contribution in [-0.4, -0.2) is 36.0 Å². The molecule has 5 heteroatoms. The van der Waals surface area contributed by atoms with E-state index in [0.29, 0.717) is 0 Å². The summed E-state index contributed by atoms with van der Waals surface area (Å²) < 4.78 is 0. The van der Waals surface area contributed by atoms with Crippen molar-refractivity contribution in [3.8, 4) is 0 Å². The van der Waals surface area contributed by atoms with Gasteiger partial charge in [-0.15, -0.1) is 0 Å². The summed E-state index contributed by atoms with van der Waals surface area (Å²) in [7, 11) is 4.30. The molecule has 21 heavy (non-hydrogen) atoms. The Labute approximate surface area is 126 Å². The van der Waals surface area contributed by atoms with Crippen molar-refractivity contribution in [2.75, 3.05) is 26.0 Å². The SMILES string of the molecule is CC1CCCC(CNc2ccc([N+](=O)[O-])cc2)(N(C)C)C1. The maximum absolute atomic E-state index is 10.7. The van der Waals surface area contributed by atoms with E-state index in [2.05, 4.69) is 31.2 Å². The third-order valence-electron chi connectivity index (χ3n) is 4.72. The lowest BCUT2D eigenvalue weighted by molar-refractivity contribution is -0.384. The van der Waals surface area contributed by atoms with Crippen LogP contribution in [-0.2, 0) is 0 Å². The summed E-state index contributed by atoms with van der Waals surface area (Å²) in [5.74, 6) is 0.750. The molecule has 1 N–H and O–H groups in total. The van der Waals surface area contributed by atoms with Crippen molar-refractivity contribution < 1.29 is 4.92 Å². The Balaban J connectivity index is 2.03. The van der Waals surface area contributed by atoms with Gasteiger partial charge in [-0.3, -0.25) is 10.1 Å². The van der Waals surface area contributed by atoms with Crippen molar-refractivity contribution in [2.45, 2.75) is 38.1 Å². The lowest BCUT2D eigenvalue weighted by atomic mass is 9.75. The second-order valence-corrected chi connectivity index (χ2v) is 6.48. The molecule has 1 aliphatic carbocycles. The number of hydrogen-bond donors (Lipinski definition) is 1. The maximum atomic E-state index is 10.7. The van der Waals surface area contributed by atoms with Crippen molar-refractivity contribution in [1.29, 1.82) is 0 Å². The maximum Gasteiger partial charge on any atom is 0.269 e. The average molecular weight is 291 g/mol. The largest absolute Gasteiger partial charge is 0.383 e. The third-order valence-corrected chi connectivity index (χ3v) is 4.72. The van der Waals surface area contributed by atoms with Crippen molar-refractivity contribution in [2.24, 2.45) is 5.92 Å². The van der Waals surface area contributed by atoms with Gasteiger partial charge in [0.25, 0.3) is 5.69 Å². The molecule has 0 aliphatic heterocycles. The van der Waals surface area contributed by atoms with Crippen LogP contribution >= 0.6 is 0 Å². The first-order valence-corrected chi connectivity index (χ1v) is 7.59. The molecule has 0 bridgehead atoms. The number of likely N-dealkylation sites (N-methyl/N-ethyl adjacent to an activating group) is 1. The molecule has 2 rings (SSSR count). The Morgan fingerprint density at radius 2 is 2.05 bits per heavy atom. The van der Waals surface area contributed by atoms with Crippen LogP contribution in [0.3, 0.4) is 0 Å². The van der Waals surface area contributed by atoms with Crippen LogP contribution in [0.5, 0.6) is 0 Å². The summed E-state index contributed by atoms with van der Waals surface area (Å²) in [5.41, 5.74) is 1.26. The minimum atomic E-state index is -0.367. The van der Waals surface area contributed by atoms with Gasteiger partial charge in [-0.25, -0.2) is 0 Å². The number of nitrogens with one attached hydrogen (secondary N) is 1. The quantitative estimate of drug-likeness (QED) is 0.666. The standard InChI is InChI=1S/C16H25N3O2/c1-13-5-4-10-16(11-13,18(2)3)12-17-14-6-8-15(9-7-14)19(20)21/h6-9,13,17H,4-5,10-12H2,1-3H3. The fraction of sp³-hybridized carbons (Fsp3) is 0.625. The monoisotopic (exact) mass is 291 g/mol. The van der Waals surface area contributed by atoms with Crippen LogP contribution in [0.1, 0.15) is 32.6 Å². The fourth-order valence-corrected chi connectivity index (χ4v) is 3.32. The van der Waals surface area contributed by atoms with E-state index in [1.54, 1.807) is 24.3 Å². The fourth-order valence-electron chi connectivity index (χ4n) is 3.32. The van der Waals surface area contributed by atoms with E-state index in [0.717, 1.165) is 18.2 Å². The van der Waals surface area contributed by atoms with Crippen molar-refractivity contribution in [3.05, 3.63) is 34.4 Å². The molecule has 1 aromatic carbocycles. The predicted octanol–water partition coefficient (Wildman–Crippen LogP) is 3.52. The zero-order valence-electron chi connectivity index (χ0n) is 13.1. The first kappa shape index (κ1) is 15.8. The summed E-state index contributed by atoms with van der Waals surface area (Å²) in [6.07, 6.45) is 4.97. The molecule has 0 amide bonds. The summed E-state index contributed by atoms with van der Waals surface area (Å²) in [6.45, 7) is 3.20. The molecule has 116 valence electrons. The van der Waals surface area contributed by atoms with Crippen LogP contribution in [0, 0.1) is 16.0 Å². The van der Waals surface area contributed by atoms with Gasteiger partial charge in [0.2, 0.25) is 0 Å². The molecule has 0 aromatic heterocycles. The number of nitro benzene ring substituents is 1. The van der Waals surface area contributed by atoms with E-state index in [9.17, 15) is 10.1 Å². The molecule has 0 heterocycles.